The smallest absolute Gasteiger partial charge is 0.225 e. The molecule has 1 saturated heterocycles. The van der Waals surface area contributed by atoms with Gasteiger partial charge in [-0.15, -0.1) is 0 Å². The van der Waals surface area contributed by atoms with Crippen LogP contribution >= 0.6 is 0 Å². The molecule has 13 heavy (non-hydrogen) atoms. The molecule has 0 saturated carbocycles. The van der Waals surface area contributed by atoms with Gasteiger partial charge in [0, 0.05) is 31.6 Å². The van der Waals surface area contributed by atoms with Crippen LogP contribution in [0.1, 0.15) is 27.2 Å². The molecule has 1 fully saturated rings. The number of carbonyl (C=O) groups is 1. The molecule has 0 aromatic rings. The number of hydrogen-bond acceptors (Lipinski definition) is 2. The van der Waals surface area contributed by atoms with Crippen LogP contribution in [0.2, 0.25) is 0 Å². The van der Waals surface area contributed by atoms with Crippen molar-refractivity contribution in [1.82, 2.24) is 10.2 Å². The molecule has 76 valence electrons. The lowest BCUT2D eigenvalue weighted by molar-refractivity contribution is -0.137. The summed E-state index contributed by atoms with van der Waals surface area (Å²) < 4.78 is 0. The van der Waals surface area contributed by atoms with Crippen LogP contribution in [-0.4, -0.2) is 36.5 Å². The first kappa shape index (κ1) is 10.5. The first-order valence-electron chi connectivity index (χ1n) is 5.18. The number of hydrogen-bond donors (Lipinski definition) is 1. The Labute approximate surface area is 80.5 Å². The van der Waals surface area contributed by atoms with E-state index in [0.29, 0.717) is 11.9 Å². The van der Waals surface area contributed by atoms with E-state index in [0.717, 1.165) is 26.1 Å². The van der Waals surface area contributed by atoms with Crippen LogP contribution in [0.3, 0.4) is 0 Å². The molecular weight excluding hydrogens is 164 g/mol. The minimum atomic E-state index is 0.181. The molecule has 0 bridgehead atoms. The van der Waals surface area contributed by atoms with Crippen molar-refractivity contribution >= 4 is 5.91 Å². The van der Waals surface area contributed by atoms with Gasteiger partial charge in [-0.05, 0) is 13.3 Å². The molecule has 0 aliphatic carbocycles. The number of rotatable bonds is 2. The summed E-state index contributed by atoms with van der Waals surface area (Å²) in [6.45, 7) is 8.91. The summed E-state index contributed by atoms with van der Waals surface area (Å²) in [5, 5.41) is 3.28. The van der Waals surface area contributed by atoms with Gasteiger partial charge in [0.25, 0.3) is 0 Å². The molecule has 1 amide bonds. The van der Waals surface area contributed by atoms with Gasteiger partial charge in [-0.3, -0.25) is 4.79 Å². The van der Waals surface area contributed by atoms with Gasteiger partial charge >= 0.3 is 0 Å². The molecule has 2 atom stereocenters. The third-order valence-electron chi connectivity index (χ3n) is 2.82. The molecule has 1 aliphatic rings. The van der Waals surface area contributed by atoms with Crippen molar-refractivity contribution in [3.05, 3.63) is 0 Å². The Hall–Kier alpha value is -0.570. The minimum absolute atomic E-state index is 0.181. The van der Waals surface area contributed by atoms with E-state index in [1.54, 1.807) is 0 Å². The molecule has 3 heteroatoms. The highest BCUT2D eigenvalue weighted by atomic mass is 16.2. The SMILES string of the molecule is CCC(C)C(=O)N1CCNC[C@@H]1C. The second kappa shape index (κ2) is 4.61. The molecule has 1 unspecified atom stereocenters. The van der Waals surface area contributed by atoms with Crippen LogP contribution in [0.25, 0.3) is 0 Å². The third kappa shape index (κ3) is 2.44. The summed E-state index contributed by atoms with van der Waals surface area (Å²) in [7, 11) is 0. The van der Waals surface area contributed by atoms with Crippen LogP contribution in [0, 0.1) is 5.92 Å². The lowest BCUT2D eigenvalue weighted by Crippen LogP contribution is -2.53. The molecule has 1 rings (SSSR count). The molecule has 1 heterocycles. The lowest BCUT2D eigenvalue weighted by Gasteiger charge is -2.35. The fourth-order valence-corrected chi connectivity index (χ4v) is 1.63. The quantitative estimate of drug-likeness (QED) is 0.690. The van der Waals surface area contributed by atoms with E-state index in [1.165, 1.54) is 0 Å². The number of amides is 1. The van der Waals surface area contributed by atoms with Crippen LogP contribution in [0.15, 0.2) is 0 Å². The van der Waals surface area contributed by atoms with Gasteiger partial charge in [-0.1, -0.05) is 13.8 Å². The van der Waals surface area contributed by atoms with E-state index < -0.39 is 0 Å². The largest absolute Gasteiger partial charge is 0.337 e. The van der Waals surface area contributed by atoms with Crippen LogP contribution in [0.4, 0.5) is 0 Å². The van der Waals surface area contributed by atoms with E-state index >= 15 is 0 Å². The zero-order valence-corrected chi connectivity index (χ0v) is 8.84. The summed E-state index contributed by atoms with van der Waals surface area (Å²) in [4.78, 5) is 13.8. The standard InChI is InChI=1S/C10H20N2O/c1-4-8(2)10(13)12-6-5-11-7-9(12)3/h8-9,11H,4-7H2,1-3H3/t8?,9-/m0/s1. The monoisotopic (exact) mass is 184 g/mol. The molecule has 0 spiro atoms. The number of carbonyl (C=O) groups excluding carboxylic acids is 1. The Kier molecular flexibility index (Phi) is 3.72. The summed E-state index contributed by atoms with van der Waals surface area (Å²) in [5.74, 6) is 0.497. The van der Waals surface area contributed by atoms with Crippen LogP contribution in [-0.2, 0) is 4.79 Å². The lowest BCUT2D eigenvalue weighted by atomic mass is 10.1. The van der Waals surface area contributed by atoms with Crippen LogP contribution in [0.5, 0.6) is 0 Å². The second-order valence-corrected chi connectivity index (χ2v) is 3.89. The first-order valence-corrected chi connectivity index (χ1v) is 5.18. The summed E-state index contributed by atoms with van der Waals surface area (Å²) in [6.07, 6.45) is 0.940. The second-order valence-electron chi connectivity index (χ2n) is 3.89. The van der Waals surface area contributed by atoms with E-state index in [4.69, 9.17) is 0 Å². The minimum Gasteiger partial charge on any atom is -0.337 e. The van der Waals surface area contributed by atoms with E-state index in [9.17, 15) is 4.79 Å². The summed E-state index contributed by atoms with van der Waals surface area (Å²) >= 11 is 0. The van der Waals surface area contributed by atoms with Gasteiger partial charge in [0.1, 0.15) is 0 Å². The number of piperazine rings is 1. The average Bonchev–Trinajstić information content (AvgIpc) is 2.16. The maximum atomic E-state index is 11.8. The fourth-order valence-electron chi connectivity index (χ4n) is 1.63. The Morgan fingerprint density at radius 1 is 1.69 bits per heavy atom. The molecule has 1 aliphatic heterocycles. The average molecular weight is 184 g/mol. The Bertz CT molecular complexity index is 182. The highest BCUT2D eigenvalue weighted by Crippen LogP contribution is 2.11. The van der Waals surface area contributed by atoms with Gasteiger partial charge in [-0.25, -0.2) is 0 Å². The maximum Gasteiger partial charge on any atom is 0.225 e. The van der Waals surface area contributed by atoms with Crippen LogP contribution < -0.4 is 5.32 Å². The normalized spacial score (nSPS) is 25.8. The van der Waals surface area contributed by atoms with E-state index in [-0.39, 0.29) is 5.92 Å². The van der Waals surface area contributed by atoms with Gasteiger partial charge in [0.15, 0.2) is 0 Å². The molecule has 0 radical (unpaired) electrons. The highest BCUT2D eigenvalue weighted by Gasteiger charge is 2.25. The van der Waals surface area contributed by atoms with Gasteiger partial charge in [0.2, 0.25) is 5.91 Å². The molecular formula is C10H20N2O. The number of nitrogens with one attached hydrogen (secondary N) is 1. The topological polar surface area (TPSA) is 32.3 Å². The Morgan fingerprint density at radius 2 is 2.38 bits per heavy atom. The van der Waals surface area contributed by atoms with Crippen molar-refractivity contribution in [2.24, 2.45) is 5.92 Å². The van der Waals surface area contributed by atoms with Gasteiger partial charge in [-0.2, -0.15) is 0 Å². The van der Waals surface area contributed by atoms with Crippen molar-refractivity contribution in [3.8, 4) is 0 Å². The van der Waals surface area contributed by atoms with Crippen molar-refractivity contribution in [3.63, 3.8) is 0 Å². The predicted octanol–water partition coefficient (Wildman–Crippen LogP) is 0.853. The predicted molar refractivity (Wildman–Crippen MR) is 53.5 cm³/mol. The van der Waals surface area contributed by atoms with Crippen molar-refractivity contribution in [1.29, 1.82) is 0 Å². The van der Waals surface area contributed by atoms with E-state index in [1.807, 2.05) is 11.8 Å². The highest BCUT2D eigenvalue weighted by molar-refractivity contribution is 5.78. The van der Waals surface area contributed by atoms with Gasteiger partial charge < -0.3 is 10.2 Å². The first-order chi connectivity index (χ1) is 6.16. The molecule has 0 aromatic carbocycles. The van der Waals surface area contributed by atoms with E-state index in [2.05, 4.69) is 19.2 Å². The third-order valence-corrected chi connectivity index (χ3v) is 2.82. The number of nitrogens with zero attached hydrogens (tertiary/aromatic N) is 1. The van der Waals surface area contributed by atoms with Gasteiger partial charge in [0.05, 0.1) is 0 Å². The molecule has 1 N–H and O–H groups in total. The maximum absolute atomic E-state index is 11.8. The molecule has 0 aromatic heterocycles. The zero-order valence-electron chi connectivity index (χ0n) is 8.84. The Morgan fingerprint density at radius 3 is 2.92 bits per heavy atom. The fraction of sp³-hybridized carbons (Fsp3) is 0.900. The zero-order chi connectivity index (χ0) is 9.84. The molecule has 3 nitrogen and oxygen atoms in total. The summed E-state index contributed by atoms with van der Waals surface area (Å²) in [5.41, 5.74) is 0. The Balaban J connectivity index is 2.53. The van der Waals surface area contributed by atoms with Crippen molar-refractivity contribution in [2.75, 3.05) is 19.6 Å². The van der Waals surface area contributed by atoms with Crippen molar-refractivity contribution in [2.45, 2.75) is 33.2 Å². The summed E-state index contributed by atoms with van der Waals surface area (Å²) in [6, 6.07) is 0.357. The van der Waals surface area contributed by atoms with Crippen molar-refractivity contribution < 1.29 is 4.79 Å².